The van der Waals surface area contributed by atoms with Crippen LogP contribution in [0.4, 0.5) is 0 Å². The van der Waals surface area contributed by atoms with E-state index in [0.717, 1.165) is 30.7 Å². The Kier molecular flexibility index (Phi) is 2.40. The molecule has 3 rings (SSSR count). The summed E-state index contributed by atoms with van der Waals surface area (Å²) in [6.45, 7) is 0. The minimum absolute atomic E-state index is 0.152. The lowest BCUT2D eigenvalue weighted by atomic mass is 9.91. The monoisotopic (exact) mass is 217 g/mol. The number of rotatable bonds is 1. The summed E-state index contributed by atoms with van der Waals surface area (Å²) in [6, 6.07) is 10.1. The summed E-state index contributed by atoms with van der Waals surface area (Å²) in [5, 5.41) is 9.59. The van der Waals surface area contributed by atoms with E-state index in [1.807, 2.05) is 30.3 Å². The first kappa shape index (κ1) is 9.85. The topological polar surface area (TPSA) is 41.8 Å². The van der Waals surface area contributed by atoms with Gasteiger partial charge in [0.05, 0.1) is 12.1 Å². The predicted octanol–water partition coefficient (Wildman–Crippen LogP) is 1.75. The molecule has 1 N–H and O–H groups in total. The number of hydrogen-bond acceptors (Lipinski definition) is 3. The standard InChI is InChI=1S/C13H15NO2/c15-10-6-7-12-11(8-10)14-13(16-12)9-4-2-1-3-5-9/h1-5,10-12,15H,6-8H2. The van der Waals surface area contributed by atoms with Crippen LogP contribution in [0.1, 0.15) is 24.8 Å². The second-order valence-corrected chi connectivity index (χ2v) is 4.49. The number of aliphatic imine (C=N–C) groups is 1. The molecule has 3 heteroatoms. The fourth-order valence-corrected chi connectivity index (χ4v) is 2.42. The van der Waals surface area contributed by atoms with E-state index < -0.39 is 0 Å². The first-order valence-electron chi connectivity index (χ1n) is 5.81. The number of aliphatic hydroxyl groups excluding tert-OH is 1. The van der Waals surface area contributed by atoms with Crippen LogP contribution in [0.15, 0.2) is 35.3 Å². The fourth-order valence-electron chi connectivity index (χ4n) is 2.42. The van der Waals surface area contributed by atoms with Gasteiger partial charge in [-0.2, -0.15) is 0 Å². The molecule has 1 saturated carbocycles. The molecule has 0 bridgehead atoms. The van der Waals surface area contributed by atoms with E-state index in [4.69, 9.17) is 4.74 Å². The van der Waals surface area contributed by atoms with Gasteiger partial charge in [-0.3, -0.25) is 0 Å². The Morgan fingerprint density at radius 2 is 2.00 bits per heavy atom. The molecule has 1 fully saturated rings. The Bertz CT molecular complexity index is 402. The lowest BCUT2D eigenvalue weighted by Crippen LogP contribution is -2.33. The Morgan fingerprint density at radius 3 is 2.81 bits per heavy atom. The fraction of sp³-hybridized carbons (Fsp3) is 0.462. The third kappa shape index (κ3) is 1.71. The van der Waals surface area contributed by atoms with Gasteiger partial charge in [0.25, 0.3) is 0 Å². The molecule has 84 valence electrons. The number of nitrogens with zero attached hydrogens (tertiary/aromatic N) is 1. The molecule has 2 aliphatic rings. The van der Waals surface area contributed by atoms with Gasteiger partial charge in [0, 0.05) is 5.56 Å². The highest BCUT2D eigenvalue weighted by molar-refractivity contribution is 5.95. The van der Waals surface area contributed by atoms with Gasteiger partial charge < -0.3 is 9.84 Å². The SMILES string of the molecule is OC1CCC2OC(c3ccccc3)=NC2C1. The van der Waals surface area contributed by atoms with Crippen LogP contribution < -0.4 is 0 Å². The van der Waals surface area contributed by atoms with E-state index in [0.29, 0.717) is 0 Å². The number of hydrogen-bond donors (Lipinski definition) is 1. The van der Waals surface area contributed by atoms with Crippen LogP contribution in [0.2, 0.25) is 0 Å². The quantitative estimate of drug-likeness (QED) is 0.778. The van der Waals surface area contributed by atoms with Gasteiger partial charge in [0.2, 0.25) is 5.90 Å². The minimum Gasteiger partial charge on any atom is -0.472 e. The van der Waals surface area contributed by atoms with E-state index in [9.17, 15) is 5.11 Å². The lowest BCUT2D eigenvalue weighted by molar-refractivity contribution is 0.0625. The third-order valence-electron chi connectivity index (χ3n) is 3.29. The van der Waals surface area contributed by atoms with Gasteiger partial charge in [-0.25, -0.2) is 4.99 Å². The Morgan fingerprint density at radius 1 is 1.19 bits per heavy atom. The number of ether oxygens (including phenoxy) is 1. The Labute approximate surface area is 94.8 Å². The molecule has 0 spiro atoms. The average Bonchev–Trinajstić information content (AvgIpc) is 2.73. The highest BCUT2D eigenvalue weighted by atomic mass is 16.5. The normalized spacial score (nSPS) is 32.8. The van der Waals surface area contributed by atoms with E-state index >= 15 is 0 Å². The highest BCUT2D eigenvalue weighted by Gasteiger charge is 2.36. The zero-order chi connectivity index (χ0) is 11.0. The predicted molar refractivity (Wildman–Crippen MR) is 61.5 cm³/mol. The third-order valence-corrected chi connectivity index (χ3v) is 3.29. The van der Waals surface area contributed by atoms with Gasteiger partial charge in [-0.05, 0) is 31.4 Å². The smallest absolute Gasteiger partial charge is 0.216 e. The summed E-state index contributed by atoms with van der Waals surface area (Å²) in [6.07, 6.45) is 2.45. The molecule has 3 atom stereocenters. The van der Waals surface area contributed by atoms with Crippen molar-refractivity contribution in [3.05, 3.63) is 35.9 Å². The van der Waals surface area contributed by atoms with Crippen LogP contribution in [0.3, 0.4) is 0 Å². The molecule has 1 heterocycles. The maximum absolute atomic E-state index is 9.59. The van der Waals surface area contributed by atoms with E-state index in [1.54, 1.807) is 0 Å². The molecule has 1 aliphatic heterocycles. The Hall–Kier alpha value is -1.35. The maximum atomic E-state index is 9.59. The van der Waals surface area contributed by atoms with Gasteiger partial charge in [-0.15, -0.1) is 0 Å². The van der Waals surface area contributed by atoms with Crippen LogP contribution in [0, 0.1) is 0 Å². The number of fused-ring (bicyclic) bond motifs is 1. The van der Waals surface area contributed by atoms with Gasteiger partial charge in [0.15, 0.2) is 0 Å². The summed E-state index contributed by atoms with van der Waals surface area (Å²) >= 11 is 0. The second-order valence-electron chi connectivity index (χ2n) is 4.49. The van der Waals surface area contributed by atoms with Crippen LogP contribution in [-0.4, -0.2) is 29.3 Å². The molecular formula is C13H15NO2. The molecule has 1 aromatic carbocycles. The molecular weight excluding hydrogens is 202 g/mol. The molecule has 0 aromatic heterocycles. The van der Waals surface area contributed by atoms with E-state index in [-0.39, 0.29) is 18.2 Å². The molecule has 1 aromatic rings. The van der Waals surface area contributed by atoms with Crippen molar-refractivity contribution in [1.29, 1.82) is 0 Å². The van der Waals surface area contributed by atoms with Crippen molar-refractivity contribution in [2.75, 3.05) is 0 Å². The van der Waals surface area contributed by atoms with Crippen molar-refractivity contribution in [2.45, 2.75) is 37.5 Å². The zero-order valence-corrected chi connectivity index (χ0v) is 9.04. The van der Waals surface area contributed by atoms with E-state index in [1.165, 1.54) is 0 Å². The number of aliphatic hydroxyl groups is 1. The van der Waals surface area contributed by atoms with Crippen molar-refractivity contribution in [3.8, 4) is 0 Å². The summed E-state index contributed by atoms with van der Waals surface area (Å²) in [5.74, 6) is 0.740. The van der Waals surface area contributed by atoms with E-state index in [2.05, 4.69) is 4.99 Å². The highest BCUT2D eigenvalue weighted by Crippen LogP contribution is 2.30. The molecule has 0 amide bonds. The molecule has 1 aliphatic carbocycles. The van der Waals surface area contributed by atoms with Crippen molar-refractivity contribution in [2.24, 2.45) is 4.99 Å². The van der Waals surface area contributed by atoms with Crippen molar-refractivity contribution in [1.82, 2.24) is 0 Å². The molecule has 16 heavy (non-hydrogen) atoms. The molecule has 0 radical (unpaired) electrons. The van der Waals surface area contributed by atoms with Crippen molar-refractivity contribution >= 4 is 5.90 Å². The van der Waals surface area contributed by atoms with Crippen LogP contribution in [-0.2, 0) is 4.74 Å². The Balaban J connectivity index is 1.82. The lowest BCUT2D eigenvalue weighted by Gasteiger charge is -2.25. The van der Waals surface area contributed by atoms with Gasteiger partial charge in [-0.1, -0.05) is 18.2 Å². The summed E-state index contributed by atoms with van der Waals surface area (Å²) < 4.78 is 5.84. The summed E-state index contributed by atoms with van der Waals surface area (Å²) in [4.78, 5) is 4.57. The minimum atomic E-state index is -0.205. The largest absolute Gasteiger partial charge is 0.472 e. The zero-order valence-electron chi connectivity index (χ0n) is 9.04. The molecule has 3 nitrogen and oxygen atoms in total. The van der Waals surface area contributed by atoms with Crippen molar-refractivity contribution < 1.29 is 9.84 Å². The average molecular weight is 217 g/mol. The van der Waals surface area contributed by atoms with Crippen molar-refractivity contribution in [3.63, 3.8) is 0 Å². The first-order chi connectivity index (χ1) is 7.83. The molecule has 0 saturated heterocycles. The first-order valence-corrected chi connectivity index (χ1v) is 5.81. The number of benzene rings is 1. The van der Waals surface area contributed by atoms with Crippen LogP contribution >= 0.6 is 0 Å². The van der Waals surface area contributed by atoms with Gasteiger partial charge >= 0.3 is 0 Å². The van der Waals surface area contributed by atoms with Gasteiger partial charge in [0.1, 0.15) is 6.10 Å². The molecule has 3 unspecified atom stereocenters. The summed E-state index contributed by atoms with van der Waals surface area (Å²) in [5.41, 5.74) is 1.03. The second kappa shape index (κ2) is 3.91. The summed E-state index contributed by atoms with van der Waals surface area (Å²) in [7, 11) is 0. The van der Waals surface area contributed by atoms with Crippen LogP contribution in [0.5, 0.6) is 0 Å². The maximum Gasteiger partial charge on any atom is 0.216 e. The van der Waals surface area contributed by atoms with Crippen LogP contribution in [0.25, 0.3) is 0 Å².